The number of hydrogen-bond donors (Lipinski definition) is 3. The molecule has 10 heteroatoms. The van der Waals surface area contributed by atoms with Gasteiger partial charge in [0.15, 0.2) is 0 Å². The number of para-hydroxylation sites is 1. The van der Waals surface area contributed by atoms with Gasteiger partial charge in [-0.1, -0.05) is 12.1 Å². The van der Waals surface area contributed by atoms with Gasteiger partial charge < -0.3 is 30.2 Å². The maximum absolute atomic E-state index is 12.4. The van der Waals surface area contributed by atoms with E-state index in [2.05, 4.69) is 47.4 Å². The van der Waals surface area contributed by atoms with Crippen LogP contribution >= 0.6 is 0 Å². The second-order valence-corrected chi connectivity index (χ2v) is 8.83. The number of likely N-dealkylation sites (N-methyl/N-ethyl adjacent to an activating group) is 1. The molecule has 0 bridgehead atoms. The number of aromatic nitrogens is 4. The predicted octanol–water partition coefficient (Wildman–Crippen LogP) is 2.71. The summed E-state index contributed by atoms with van der Waals surface area (Å²) in [5.74, 6) is 1.87. The molecule has 6 rings (SSSR count). The third-order valence-corrected chi connectivity index (χ3v) is 6.49. The Morgan fingerprint density at radius 2 is 1.91 bits per heavy atom. The van der Waals surface area contributed by atoms with Gasteiger partial charge in [-0.25, -0.2) is 9.97 Å². The maximum atomic E-state index is 12.4. The molecule has 35 heavy (non-hydrogen) atoms. The Labute approximate surface area is 202 Å². The van der Waals surface area contributed by atoms with Crippen molar-refractivity contribution in [3.8, 4) is 5.75 Å². The lowest BCUT2D eigenvalue weighted by atomic mass is 10.1. The number of H-pyrrole nitrogens is 1. The minimum Gasteiger partial charge on any atom is -0.483 e. The minimum atomic E-state index is -0.356. The molecular weight excluding hydrogens is 444 g/mol. The maximum Gasteiger partial charge on any atom is 0.255 e. The van der Waals surface area contributed by atoms with Crippen LogP contribution in [0.25, 0.3) is 11.0 Å². The topological polar surface area (TPSA) is 111 Å². The quantitative estimate of drug-likeness (QED) is 0.418. The Hall–Kier alpha value is -4.18. The Kier molecular flexibility index (Phi) is 5.42. The van der Waals surface area contributed by atoms with Crippen LogP contribution in [0, 0.1) is 0 Å². The highest BCUT2D eigenvalue weighted by Crippen LogP contribution is 2.31. The van der Waals surface area contributed by atoms with Gasteiger partial charge in [0.05, 0.1) is 24.0 Å². The number of hydrogen-bond acceptors (Lipinski definition) is 8. The summed E-state index contributed by atoms with van der Waals surface area (Å²) < 4.78 is 6.18. The van der Waals surface area contributed by atoms with Crippen LogP contribution in [-0.4, -0.2) is 70.5 Å². The fourth-order valence-electron chi connectivity index (χ4n) is 4.47. The van der Waals surface area contributed by atoms with E-state index in [1.54, 1.807) is 18.5 Å². The summed E-state index contributed by atoms with van der Waals surface area (Å²) in [6.45, 7) is 4.39. The first-order chi connectivity index (χ1) is 17.1. The van der Waals surface area contributed by atoms with Crippen molar-refractivity contribution in [2.45, 2.75) is 6.10 Å². The number of anilines is 3. The first kappa shape index (κ1) is 21.4. The van der Waals surface area contributed by atoms with Crippen LogP contribution in [0.5, 0.6) is 5.75 Å². The van der Waals surface area contributed by atoms with Crippen LogP contribution in [0.2, 0.25) is 0 Å². The van der Waals surface area contributed by atoms with Gasteiger partial charge in [-0.2, -0.15) is 4.98 Å². The molecule has 2 aliphatic heterocycles. The zero-order chi connectivity index (χ0) is 23.8. The number of fused-ring (bicyclic) bond motifs is 2. The number of carbonyl (C=O) groups is 1. The third kappa shape index (κ3) is 4.24. The zero-order valence-corrected chi connectivity index (χ0v) is 19.4. The average molecular weight is 471 g/mol. The number of piperazine rings is 1. The van der Waals surface area contributed by atoms with E-state index in [-0.39, 0.29) is 12.0 Å². The van der Waals surface area contributed by atoms with Gasteiger partial charge in [-0.15, -0.1) is 0 Å². The number of nitrogens with zero attached hydrogens (tertiary/aromatic N) is 5. The third-order valence-electron chi connectivity index (χ3n) is 6.49. The van der Waals surface area contributed by atoms with E-state index in [9.17, 15) is 4.79 Å². The van der Waals surface area contributed by atoms with E-state index in [1.165, 1.54) is 0 Å². The normalized spacial score (nSPS) is 18.5. The largest absolute Gasteiger partial charge is 0.483 e. The standard InChI is InChI=1S/C25H26N8O2/c1-32-8-10-33(11-9-32)22-7-6-16(12-26-22)30-25-29-14-19-18(13-27-23(19)31-25)21-15-28-24(34)17-4-2-3-5-20(17)35-21/h2-7,12-14,21H,8-11,15H2,1H3,(H,28,34)(H2,27,29,30,31). The fraction of sp³-hybridized carbons (Fsp3) is 0.280. The summed E-state index contributed by atoms with van der Waals surface area (Å²) in [7, 11) is 2.14. The molecule has 1 saturated heterocycles. The van der Waals surface area contributed by atoms with Crippen molar-refractivity contribution >= 4 is 34.4 Å². The highest BCUT2D eigenvalue weighted by Gasteiger charge is 2.26. The molecule has 3 N–H and O–H groups in total. The molecule has 1 aromatic carbocycles. The lowest BCUT2D eigenvalue weighted by Gasteiger charge is -2.33. The molecule has 2 aliphatic rings. The van der Waals surface area contributed by atoms with Gasteiger partial charge in [-0.05, 0) is 31.3 Å². The number of aromatic amines is 1. The zero-order valence-electron chi connectivity index (χ0n) is 19.4. The van der Waals surface area contributed by atoms with Crippen molar-refractivity contribution in [1.29, 1.82) is 0 Å². The molecule has 10 nitrogen and oxygen atoms in total. The predicted molar refractivity (Wildman–Crippen MR) is 133 cm³/mol. The van der Waals surface area contributed by atoms with Gasteiger partial charge >= 0.3 is 0 Å². The number of benzene rings is 1. The second-order valence-electron chi connectivity index (χ2n) is 8.83. The van der Waals surface area contributed by atoms with Gasteiger partial charge in [-0.3, -0.25) is 4.79 Å². The first-order valence-corrected chi connectivity index (χ1v) is 11.7. The lowest BCUT2D eigenvalue weighted by molar-refractivity contribution is 0.0951. The molecule has 0 spiro atoms. The van der Waals surface area contributed by atoms with Crippen molar-refractivity contribution in [1.82, 2.24) is 30.2 Å². The van der Waals surface area contributed by atoms with Crippen molar-refractivity contribution in [3.05, 3.63) is 66.1 Å². The van der Waals surface area contributed by atoms with Crippen LogP contribution in [0.15, 0.2) is 55.0 Å². The first-order valence-electron chi connectivity index (χ1n) is 11.7. The van der Waals surface area contributed by atoms with Gasteiger partial charge in [0.2, 0.25) is 5.95 Å². The molecule has 3 aromatic heterocycles. The summed E-state index contributed by atoms with van der Waals surface area (Å²) in [5.41, 5.74) is 2.93. The molecule has 1 fully saturated rings. The molecule has 5 heterocycles. The Morgan fingerprint density at radius 1 is 1.06 bits per heavy atom. The van der Waals surface area contributed by atoms with Gasteiger partial charge in [0.1, 0.15) is 23.3 Å². The molecule has 0 aliphatic carbocycles. The van der Waals surface area contributed by atoms with E-state index >= 15 is 0 Å². The SMILES string of the molecule is CN1CCN(c2ccc(Nc3ncc4c(C5CNC(=O)c6ccccc6O5)c[nH]c4n3)cn2)CC1. The van der Waals surface area contributed by atoms with Crippen LogP contribution in [0.1, 0.15) is 22.0 Å². The Morgan fingerprint density at radius 3 is 2.74 bits per heavy atom. The summed E-state index contributed by atoms with van der Waals surface area (Å²) in [5, 5.41) is 7.01. The van der Waals surface area contributed by atoms with Crippen LogP contribution in [0.3, 0.4) is 0 Å². The summed E-state index contributed by atoms with van der Waals surface area (Å²) in [6, 6.07) is 11.3. The van der Waals surface area contributed by atoms with E-state index < -0.39 is 0 Å². The number of rotatable bonds is 4. The van der Waals surface area contributed by atoms with Gasteiger partial charge in [0.25, 0.3) is 5.91 Å². The molecule has 4 aromatic rings. The van der Waals surface area contributed by atoms with E-state index in [0.29, 0.717) is 29.5 Å². The molecule has 1 amide bonds. The number of nitrogens with one attached hydrogen (secondary N) is 3. The lowest BCUT2D eigenvalue weighted by Crippen LogP contribution is -2.44. The smallest absolute Gasteiger partial charge is 0.255 e. The van der Waals surface area contributed by atoms with Crippen molar-refractivity contribution < 1.29 is 9.53 Å². The van der Waals surface area contributed by atoms with E-state index in [4.69, 9.17) is 4.74 Å². The van der Waals surface area contributed by atoms with Crippen LogP contribution in [-0.2, 0) is 0 Å². The monoisotopic (exact) mass is 470 g/mol. The number of ether oxygens (including phenoxy) is 1. The molecule has 178 valence electrons. The van der Waals surface area contributed by atoms with Gasteiger partial charge in [0, 0.05) is 49.5 Å². The van der Waals surface area contributed by atoms with Crippen LogP contribution in [0.4, 0.5) is 17.5 Å². The highest BCUT2D eigenvalue weighted by atomic mass is 16.5. The van der Waals surface area contributed by atoms with Crippen LogP contribution < -0.4 is 20.3 Å². The highest BCUT2D eigenvalue weighted by molar-refractivity contribution is 5.97. The fourth-order valence-corrected chi connectivity index (χ4v) is 4.47. The average Bonchev–Trinajstić information content (AvgIpc) is 3.23. The number of carbonyl (C=O) groups excluding carboxylic acids is 1. The number of amides is 1. The second kappa shape index (κ2) is 8.88. The molecule has 1 unspecified atom stereocenters. The summed E-state index contributed by atoms with van der Waals surface area (Å²) in [4.78, 5) is 34.0. The van der Waals surface area contributed by atoms with E-state index in [1.807, 2.05) is 36.5 Å². The molecular formula is C25H26N8O2. The Balaban J connectivity index is 1.19. The summed E-state index contributed by atoms with van der Waals surface area (Å²) in [6.07, 6.45) is 5.08. The Bertz CT molecular complexity index is 1360. The molecule has 0 saturated carbocycles. The summed E-state index contributed by atoms with van der Waals surface area (Å²) >= 11 is 0. The molecule has 0 radical (unpaired) electrons. The van der Waals surface area contributed by atoms with E-state index in [0.717, 1.165) is 48.6 Å². The molecule has 1 atom stereocenters. The van der Waals surface area contributed by atoms with Crippen molar-refractivity contribution in [2.75, 3.05) is 50.0 Å². The van der Waals surface area contributed by atoms with Crippen molar-refractivity contribution in [3.63, 3.8) is 0 Å². The number of pyridine rings is 1. The minimum absolute atomic E-state index is 0.141. The van der Waals surface area contributed by atoms with Crippen molar-refractivity contribution in [2.24, 2.45) is 0 Å².